The van der Waals surface area contributed by atoms with Crippen molar-refractivity contribution in [2.45, 2.75) is 6.42 Å². The van der Waals surface area contributed by atoms with Crippen LogP contribution in [0.4, 0.5) is 11.5 Å². The Morgan fingerprint density at radius 3 is 2.81 bits per heavy atom. The summed E-state index contributed by atoms with van der Waals surface area (Å²) in [5.41, 5.74) is 4.65. The largest absolute Gasteiger partial charge is 0.496 e. The Bertz CT molecular complexity index is 1710. The van der Waals surface area contributed by atoms with Crippen molar-refractivity contribution in [3.05, 3.63) is 84.6 Å². The molecule has 6 rings (SSSR count). The number of anilines is 2. The second-order valence-corrected chi connectivity index (χ2v) is 8.24. The Morgan fingerprint density at radius 1 is 1.00 bits per heavy atom. The van der Waals surface area contributed by atoms with Gasteiger partial charge in [0.1, 0.15) is 11.6 Å². The van der Waals surface area contributed by atoms with E-state index in [1.165, 1.54) is 0 Å². The van der Waals surface area contributed by atoms with Gasteiger partial charge in [0.15, 0.2) is 11.6 Å². The summed E-state index contributed by atoms with van der Waals surface area (Å²) in [5.74, 6) is 1.74. The highest BCUT2D eigenvalue weighted by Crippen LogP contribution is 2.32. The normalized spacial score (nSPS) is 11.1. The van der Waals surface area contributed by atoms with E-state index in [1.807, 2.05) is 30.3 Å². The van der Waals surface area contributed by atoms with Gasteiger partial charge < -0.3 is 15.0 Å². The van der Waals surface area contributed by atoms with Crippen molar-refractivity contribution >= 4 is 39.1 Å². The van der Waals surface area contributed by atoms with E-state index in [1.54, 1.807) is 50.1 Å². The van der Waals surface area contributed by atoms with Crippen molar-refractivity contribution in [2.75, 3.05) is 12.4 Å². The van der Waals surface area contributed by atoms with Gasteiger partial charge in [-0.15, -0.1) is 0 Å². The number of benzene rings is 2. The van der Waals surface area contributed by atoms with Gasteiger partial charge in [-0.3, -0.25) is 9.89 Å². The summed E-state index contributed by atoms with van der Waals surface area (Å²) in [4.78, 5) is 25.2. The molecule has 4 heterocycles. The first-order valence-electron chi connectivity index (χ1n) is 11.2. The molecule has 6 aromatic rings. The molecular weight excluding hydrogens is 456 g/mol. The maximum atomic E-state index is 12.9. The zero-order valence-electron chi connectivity index (χ0n) is 19.2. The molecule has 2 aromatic carbocycles. The first kappa shape index (κ1) is 21.4. The third kappa shape index (κ3) is 4.11. The fraction of sp³-hybridized carbons (Fsp3) is 0.0769. The molecule has 0 aliphatic heterocycles. The summed E-state index contributed by atoms with van der Waals surface area (Å²) in [7, 11) is 1.60. The van der Waals surface area contributed by atoms with Crippen LogP contribution in [0.1, 0.15) is 16.1 Å². The molecule has 176 valence electrons. The summed E-state index contributed by atoms with van der Waals surface area (Å²) in [5, 5.41) is 19.7. The van der Waals surface area contributed by atoms with E-state index >= 15 is 0 Å². The van der Waals surface area contributed by atoms with E-state index in [-0.39, 0.29) is 12.2 Å². The summed E-state index contributed by atoms with van der Waals surface area (Å²) in [6.07, 6.45) is 6.85. The zero-order chi connectivity index (χ0) is 24.5. The summed E-state index contributed by atoms with van der Waals surface area (Å²) >= 11 is 0. The van der Waals surface area contributed by atoms with Crippen LogP contribution in [0.2, 0.25) is 0 Å². The van der Waals surface area contributed by atoms with Crippen molar-refractivity contribution in [3.63, 3.8) is 0 Å². The van der Waals surface area contributed by atoms with Crippen LogP contribution in [0.15, 0.2) is 73.3 Å². The number of hydrogen-bond donors (Lipinski definition) is 3. The molecule has 0 spiro atoms. The van der Waals surface area contributed by atoms with E-state index in [0.29, 0.717) is 23.1 Å². The molecule has 36 heavy (non-hydrogen) atoms. The maximum absolute atomic E-state index is 12.9. The number of carbonyl (C=O) groups is 1. The minimum Gasteiger partial charge on any atom is -0.496 e. The molecule has 0 fully saturated rings. The van der Waals surface area contributed by atoms with Crippen molar-refractivity contribution < 1.29 is 9.53 Å². The minimum atomic E-state index is -0.0557. The summed E-state index contributed by atoms with van der Waals surface area (Å²) in [6.45, 7) is 0. The molecule has 0 radical (unpaired) electrons. The number of rotatable bonds is 7. The first-order chi connectivity index (χ1) is 17.7. The van der Waals surface area contributed by atoms with Crippen molar-refractivity contribution in [1.29, 1.82) is 0 Å². The highest BCUT2D eigenvalue weighted by Gasteiger charge is 2.16. The standard InChI is InChI=1S/C26H20N8O2/c1-36-24-11-16(10-21-19(24)12-22(32-21)23(35)8-15-4-7-28-29-13-15)26-27-6-5-25(33-26)31-18-2-3-20-17(9-18)14-30-34-20/h2-7,9-14,32H,8H2,1H3,(H,30,34)(H,27,31,33). The van der Waals surface area contributed by atoms with Gasteiger partial charge in [-0.2, -0.15) is 15.3 Å². The van der Waals surface area contributed by atoms with Gasteiger partial charge in [0, 0.05) is 40.8 Å². The SMILES string of the molecule is COc1cc(-c2nccc(Nc3ccc4[nH]ncc4c3)n2)cc2[nH]c(C(=O)Cc3ccnnc3)cc12. The van der Waals surface area contributed by atoms with Crippen LogP contribution >= 0.6 is 0 Å². The number of Topliss-reactive ketones (excluding diaryl/α,β-unsaturated/α-hetero) is 1. The molecule has 0 unspecified atom stereocenters. The van der Waals surface area contributed by atoms with Crippen LogP contribution in [0, 0.1) is 0 Å². The van der Waals surface area contributed by atoms with Crippen LogP contribution in [0.3, 0.4) is 0 Å². The Balaban J connectivity index is 1.31. The lowest BCUT2D eigenvalue weighted by Crippen LogP contribution is -2.04. The highest BCUT2D eigenvalue weighted by molar-refractivity contribution is 6.02. The lowest BCUT2D eigenvalue weighted by atomic mass is 10.1. The van der Waals surface area contributed by atoms with Gasteiger partial charge in [0.05, 0.1) is 36.2 Å². The van der Waals surface area contributed by atoms with Gasteiger partial charge in [0.25, 0.3) is 0 Å². The number of aromatic amines is 2. The van der Waals surface area contributed by atoms with Crippen LogP contribution in [-0.2, 0) is 6.42 Å². The van der Waals surface area contributed by atoms with Crippen LogP contribution < -0.4 is 10.1 Å². The van der Waals surface area contributed by atoms with E-state index in [2.05, 4.69) is 35.7 Å². The Hall–Kier alpha value is -5.12. The van der Waals surface area contributed by atoms with E-state index in [0.717, 1.165) is 38.6 Å². The first-order valence-corrected chi connectivity index (χ1v) is 11.2. The molecule has 0 aliphatic carbocycles. The van der Waals surface area contributed by atoms with E-state index in [9.17, 15) is 4.79 Å². The molecule has 10 heteroatoms. The fourth-order valence-corrected chi connectivity index (χ4v) is 4.09. The molecule has 0 amide bonds. The number of hydrogen-bond acceptors (Lipinski definition) is 8. The number of methoxy groups -OCH3 is 1. The Labute approximate surface area is 204 Å². The summed E-state index contributed by atoms with van der Waals surface area (Å²) in [6, 6.07) is 15.1. The number of ketones is 1. The zero-order valence-corrected chi connectivity index (χ0v) is 19.2. The van der Waals surface area contributed by atoms with Gasteiger partial charge in [-0.25, -0.2) is 9.97 Å². The number of ether oxygens (including phenoxy) is 1. The quantitative estimate of drug-likeness (QED) is 0.287. The van der Waals surface area contributed by atoms with Crippen LogP contribution in [0.5, 0.6) is 5.75 Å². The van der Waals surface area contributed by atoms with Crippen LogP contribution in [-0.4, -0.2) is 48.2 Å². The lowest BCUT2D eigenvalue weighted by molar-refractivity contribution is 0.0989. The minimum absolute atomic E-state index is 0.0557. The van der Waals surface area contributed by atoms with Gasteiger partial charge in [-0.1, -0.05) is 0 Å². The monoisotopic (exact) mass is 476 g/mol. The molecule has 10 nitrogen and oxygen atoms in total. The van der Waals surface area contributed by atoms with E-state index < -0.39 is 0 Å². The van der Waals surface area contributed by atoms with Gasteiger partial charge in [0.2, 0.25) is 0 Å². The number of fused-ring (bicyclic) bond motifs is 2. The average Bonchev–Trinajstić information content (AvgIpc) is 3.56. The third-order valence-corrected chi connectivity index (χ3v) is 5.86. The third-order valence-electron chi connectivity index (χ3n) is 5.86. The maximum Gasteiger partial charge on any atom is 0.183 e. The van der Waals surface area contributed by atoms with Gasteiger partial charge >= 0.3 is 0 Å². The molecule has 0 saturated heterocycles. The van der Waals surface area contributed by atoms with Gasteiger partial charge in [-0.05, 0) is 54.1 Å². The van der Waals surface area contributed by atoms with Crippen molar-refractivity contribution in [3.8, 4) is 17.1 Å². The number of carbonyl (C=O) groups excluding carboxylic acids is 1. The Morgan fingerprint density at radius 2 is 1.94 bits per heavy atom. The molecule has 0 saturated carbocycles. The second kappa shape index (κ2) is 8.91. The number of H-pyrrole nitrogens is 2. The molecule has 0 aliphatic rings. The molecule has 0 bridgehead atoms. The molecule has 3 N–H and O–H groups in total. The predicted molar refractivity (Wildman–Crippen MR) is 135 cm³/mol. The number of aromatic nitrogens is 7. The lowest BCUT2D eigenvalue weighted by Gasteiger charge is -2.09. The smallest absolute Gasteiger partial charge is 0.183 e. The topological polar surface area (TPSA) is 134 Å². The second-order valence-electron chi connectivity index (χ2n) is 8.24. The summed E-state index contributed by atoms with van der Waals surface area (Å²) < 4.78 is 5.63. The number of nitrogens with zero attached hydrogens (tertiary/aromatic N) is 5. The Kier molecular flexibility index (Phi) is 5.30. The average molecular weight is 477 g/mol. The molecular formula is C26H20N8O2. The predicted octanol–water partition coefficient (Wildman–Crippen LogP) is 4.47. The van der Waals surface area contributed by atoms with Crippen molar-refractivity contribution in [2.24, 2.45) is 0 Å². The molecule has 4 aromatic heterocycles. The van der Waals surface area contributed by atoms with E-state index in [4.69, 9.17) is 9.72 Å². The number of nitrogens with one attached hydrogen (secondary N) is 3. The highest BCUT2D eigenvalue weighted by atomic mass is 16.5. The fourth-order valence-electron chi connectivity index (χ4n) is 4.09. The van der Waals surface area contributed by atoms with Crippen LogP contribution in [0.25, 0.3) is 33.2 Å². The van der Waals surface area contributed by atoms with Crippen molar-refractivity contribution in [1.82, 2.24) is 35.3 Å². The molecule has 0 atom stereocenters.